The molecule has 0 aliphatic heterocycles. The topological polar surface area (TPSA) is 40.7 Å². The molecule has 0 radical (unpaired) electrons. The summed E-state index contributed by atoms with van der Waals surface area (Å²) in [6.45, 7) is -1.13. The van der Waals surface area contributed by atoms with E-state index < -0.39 is 18.5 Å². The number of rotatable bonds is 3. The predicted molar refractivity (Wildman–Crippen MR) is 53.8 cm³/mol. The molecule has 1 aromatic heterocycles. The number of hydrogen-bond acceptors (Lipinski definition) is 2. The summed E-state index contributed by atoms with van der Waals surface area (Å²) in [5.41, 5.74) is 0.990. The molecule has 0 saturated carbocycles. The number of halogens is 4. The number of alkyl halides is 3. The lowest BCUT2D eigenvalue weighted by atomic mass is 10.3. The molecule has 2 N–H and O–H groups in total. The molecule has 1 heterocycles. The van der Waals surface area contributed by atoms with Crippen LogP contribution in [-0.2, 0) is 6.54 Å². The van der Waals surface area contributed by atoms with Crippen molar-refractivity contribution in [2.75, 3.05) is 6.54 Å². The Morgan fingerprint density at radius 2 is 2.06 bits per heavy atom. The quantitative estimate of drug-likeness (QED) is 0.817. The van der Waals surface area contributed by atoms with E-state index >= 15 is 0 Å². The van der Waals surface area contributed by atoms with Gasteiger partial charge < -0.3 is 10.3 Å². The number of aromatic amines is 1. The molecule has 1 aromatic carbocycles. The molecule has 0 aliphatic rings. The van der Waals surface area contributed by atoms with Gasteiger partial charge in [0.25, 0.3) is 0 Å². The number of H-pyrrole nitrogens is 1. The van der Waals surface area contributed by atoms with Crippen molar-refractivity contribution in [3.8, 4) is 0 Å². The highest BCUT2D eigenvalue weighted by atomic mass is 19.4. The minimum absolute atomic E-state index is 0.0458. The van der Waals surface area contributed by atoms with Crippen LogP contribution in [-0.4, -0.2) is 22.7 Å². The first-order valence-electron chi connectivity index (χ1n) is 4.86. The summed E-state index contributed by atoms with van der Waals surface area (Å²) in [7, 11) is 0. The van der Waals surface area contributed by atoms with Gasteiger partial charge in [-0.1, -0.05) is 0 Å². The van der Waals surface area contributed by atoms with E-state index in [1.165, 1.54) is 18.2 Å². The molecule has 17 heavy (non-hydrogen) atoms. The molecule has 0 saturated heterocycles. The third-order valence-corrected chi connectivity index (χ3v) is 2.11. The summed E-state index contributed by atoms with van der Waals surface area (Å²) in [4.78, 5) is 6.76. The van der Waals surface area contributed by atoms with E-state index in [1.54, 1.807) is 0 Å². The maximum atomic E-state index is 12.8. The highest BCUT2D eigenvalue weighted by molar-refractivity contribution is 5.74. The second kappa shape index (κ2) is 4.33. The molecule has 0 amide bonds. The van der Waals surface area contributed by atoms with Crippen molar-refractivity contribution < 1.29 is 17.6 Å². The van der Waals surface area contributed by atoms with Crippen molar-refractivity contribution in [1.29, 1.82) is 0 Å². The van der Waals surface area contributed by atoms with Gasteiger partial charge in [0.15, 0.2) is 0 Å². The molecule has 92 valence electrons. The van der Waals surface area contributed by atoms with Crippen LogP contribution in [0.25, 0.3) is 11.0 Å². The van der Waals surface area contributed by atoms with Crippen LogP contribution in [0.4, 0.5) is 17.6 Å². The van der Waals surface area contributed by atoms with Crippen LogP contribution in [0.1, 0.15) is 5.82 Å². The highest BCUT2D eigenvalue weighted by Gasteiger charge is 2.26. The number of aromatic nitrogens is 2. The first kappa shape index (κ1) is 11.8. The first-order valence-corrected chi connectivity index (χ1v) is 4.86. The van der Waals surface area contributed by atoms with Crippen LogP contribution >= 0.6 is 0 Å². The van der Waals surface area contributed by atoms with E-state index in [-0.39, 0.29) is 6.54 Å². The zero-order valence-corrected chi connectivity index (χ0v) is 8.61. The van der Waals surface area contributed by atoms with Gasteiger partial charge in [0.1, 0.15) is 11.6 Å². The lowest BCUT2D eigenvalue weighted by molar-refractivity contribution is -0.125. The zero-order chi connectivity index (χ0) is 12.5. The van der Waals surface area contributed by atoms with Gasteiger partial charge in [-0.25, -0.2) is 9.37 Å². The number of imidazole rings is 1. The maximum Gasteiger partial charge on any atom is 0.401 e. The van der Waals surface area contributed by atoms with Crippen LogP contribution in [0, 0.1) is 5.82 Å². The average Bonchev–Trinajstić information content (AvgIpc) is 2.57. The van der Waals surface area contributed by atoms with Crippen molar-refractivity contribution in [1.82, 2.24) is 15.3 Å². The standard InChI is InChI=1S/C10H9F4N3/c11-6-1-2-7-8(3-6)17-9(16-7)4-15-5-10(12,13)14/h1-3,15H,4-5H2,(H,16,17). The molecule has 2 rings (SSSR count). The Kier molecular flexibility index (Phi) is 3.01. The lowest BCUT2D eigenvalue weighted by Gasteiger charge is -2.05. The summed E-state index contributed by atoms with van der Waals surface area (Å²) in [6, 6.07) is 3.96. The van der Waals surface area contributed by atoms with E-state index in [2.05, 4.69) is 15.3 Å². The fourth-order valence-electron chi connectivity index (χ4n) is 1.44. The lowest BCUT2D eigenvalue weighted by Crippen LogP contribution is -2.28. The van der Waals surface area contributed by atoms with Crippen LogP contribution < -0.4 is 5.32 Å². The summed E-state index contributed by atoms with van der Waals surface area (Å²) < 4.78 is 48.5. The van der Waals surface area contributed by atoms with E-state index in [4.69, 9.17) is 0 Å². The molecule has 0 spiro atoms. The second-order valence-corrected chi connectivity index (χ2v) is 3.56. The summed E-state index contributed by atoms with van der Waals surface area (Å²) in [5.74, 6) is -0.0780. The SMILES string of the molecule is Fc1ccc2nc(CNCC(F)(F)F)[nH]c2c1. The molecule has 3 nitrogen and oxygen atoms in total. The van der Waals surface area contributed by atoms with Crippen LogP contribution in [0.5, 0.6) is 0 Å². The Labute approximate surface area is 93.8 Å². The van der Waals surface area contributed by atoms with Crippen molar-refractivity contribution in [2.24, 2.45) is 0 Å². The zero-order valence-electron chi connectivity index (χ0n) is 8.61. The molecular formula is C10H9F4N3. The van der Waals surface area contributed by atoms with Gasteiger partial charge in [-0.2, -0.15) is 13.2 Å². The molecule has 0 aliphatic carbocycles. The molecule has 2 aromatic rings. The van der Waals surface area contributed by atoms with Gasteiger partial charge in [0, 0.05) is 0 Å². The number of fused-ring (bicyclic) bond motifs is 1. The summed E-state index contributed by atoms with van der Waals surface area (Å²) >= 11 is 0. The summed E-state index contributed by atoms with van der Waals surface area (Å²) in [6.07, 6.45) is -4.25. The van der Waals surface area contributed by atoms with Gasteiger partial charge in [0.2, 0.25) is 0 Å². The average molecular weight is 247 g/mol. The van der Waals surface area contributed by atoms with Crippen molar-refractivity contribution in [3.63, 3.8) is 0 Å². The van der Waals surface area contributed by atoms with Gasteiger partial charge in [-0.05, 0) is 18.2 Å². The Hall–Kier alpha value is -1.63. The fourth-order valence-corrected chi connectivity index (χ4v) is 1.44. The van der Waals surface area contributed by atoms with Crippen LogP contribution in [0.3, 0.4) is 0 Å². The number of nitrogens with zero attached hydrogens (tertiary/aromatic N) is 1. The van der Waals surface area contributed by atoms with E-state index in [1.807, 2.05) is 0 Å². The third kappa shape index (κ3) is 3.16. The largest absolute Gasteiger partial charge is 0.401 e. The Morgan fingerprint density at radius 3 is 2.76 bits per heavy atom. The molecule has 0 atom stereocenters. The predicted octanol–water partition coefficient (Wildman–Crippen LogP) is 2.35. The monoisotopic (exact) mass is 247 g/mol. The minimum Gasteiger partial charge on any atom is -0.341 e. The molecule has 0 fully saturated rings. The van der Waals surface area contributed by atoms with E-state index in [9.17, 15) is 17.6 Å². The second-order valence-electron chi connectivity index (χ2n) is 3.56. The summed E-state index contributed by atoms with van der Waals surface area (Å²) in [5, 5.41) is 2.20. The number of benzene rings is 1. The fraction of sp³-hybridized carbons (Fsp3) is 0.300. The van der Waals surface area contributed by atoms with E-state index in [0.717, 1.165) is 0 Å². The molecule has 7 heteroatoms. The van der Waals surface area contributed by atoms with Gasteiger partial charge >= 0.3 is 6.18 Å². The van der Waals surface area contributed by atoms with Gasteiger partial charge in [-0.3, -0.25) is 0 Å². The molecule has 0 bridgehead atoms. The van der Waals surface area contributed by atoms with Crippen molar-refractivity contribution in [3.05, 3.63) is 29.8 Å². The number of nitrogens with one attached hydrogen (secondary N) is 2. The molecular weight excluding hydrogens is 238 g/mol. The minimum atomic E-state index is -4.25. The Bertz CT molecular complexity index is 518. The number of hydrogen-bond donors (Lipinski definition) is 2. The van der Waals surface area contributed by atoms with E-state index in [0.29, 0.717) is 16.9 Å². The van der Waals surface area contributed by atoms with Gasteiger partial charge in [-0.15, -0.1) is 0 Å². The van der Waals surface area contributed by atoms with Crippen LogP contribution in [0.2, 0.25) is 0 Å². The maximum absolute atomic E-state index is 12.8. The highest BCUT2D eigenvalue weighted by Crippen LogP contribution is 2.14. The third-order valence-electron chi connectivity index (χ3n) is 2.11. The first-order chi connectivity index (χ1) is 7.94. The smallest absolute Gasteiger partial charge is 0.341 e. The van der Waals surface area contributed by atoms with Gasteiger partial charge in [0.05, 0.1) is 24.1 Å². The van der Waals surface area contributed by atoms with Crippen molar-refractivity contribution >= 4 is 11.0 Å². The molecule has 0 unspecified atom stereocenters. The Balaban J connectivity index is 2.05. The Morgan fingerprint density at radius 1 is 1.29 bits per heavy atom. The normalized spacial score (nSPS) is 12.2. The van der Waals surface area contributed by atoms with Crippen LogP contribution in [0.15, 0.2) is 18.2 Å². The van der Waals surface area contributed by atoms with Crippen molar-refractivity contribution in [2.45, 2.75) is 12.7 Å².